The highest BCUT2D eigenvalue weighted by Crippen LogP contribution is 2.46. The zero-order chi connectivity index (χ0) is 44.1. The van der Waals surface area contributed by atoms with Gasteiger partial charge in [0, 0.05) is 16.7 Å². The summed E-state index contributed by atoms with van der Waals surface area (Å²) >= 11 is 0. The van der Waals surface area contributed by atoms with E-state index < -0.39 is 71.2 Å². The maximum absolute atomic E-state index is 14.7. The molecule has 1 aliphatic heterocycles. The lowest BCUT2D eigenvalue weighted by molar-refractivity contribution is -0.159. The zero-order valence-corrected chi connectivity index (χ0v) is 35.5. The zero-order valence-electron chi connectivity index (χ0n) is 35.5. The summed E-state index contributed by atoms with van der Waals surface area (Å²) < 4.78 is 24.9. The smallest absolute Gasteiger partial charge is 0.411 e. The number of nitrogens with zero attached hydrogens (tertiary/aromatic N) is 6. The average Bonchev–Trinajstić information content (AvgIpc) is 3.75. The van der Waals surface area contributed by atoms with Crippen LogP contribution in [0.5, 0.6) is 0 Å². The van der Waals surface area contributed by atoms with Crippen molar-refractivity contribution >= 4 is 35.0 Å². The molecule has 3 aromatic carbocycles. The van der Waals surface area contributed by atoms with Gasteiger partial charge in [-0.1, -0.05) is 105 Å². The van der Waals surface area contributed by atoms with Crippen molar-refractivity contribution in [3.8, 4) is 0 Å². The van der Waals surface area contributed by atoms with E-state index in [0.29, 0.717) is 5.56 Å². The molecule has 16 nitrogen and oxygen atoms in total. The molecular weight excluding hydrogens is 781 g/mol. The van der Waals surface area contributed by atoms with Gasteiger partial charge >= 0.3 is 18.2 Å². The standard InChI is InChI=1S/C45H52N8O8/c1-27(2)33(50-41(56)60-43(3,4)5)40(55)59-38-36(31-24-47-35-34(31)48-26-49-39(35)51-52-46)53(42(57)61-44(6,7)8)32(37(38)54)25-58-45(28-18-12-9-13-19-28,29-20-14-10-15-21-29)30-22-16-11-17-23-30/h9-24,26-27,32-33,36-38,47,54H,25H2,1-8H3,(H,50,56)/t32-,33+,36+,37-,38+/m1/s1. The van der Waals surface area contributed by atoms with Crippen LogP contribution in [0.2, 0.25) is 0 Å². The number of carbonyl (C=O) groups excluding carboxylic acids is 3. The molecule has 0 bridgehead atoms. The third-order valence-electron chi connectivity index (χ3n) is 10.1. The van der Waals surface area contributed by atoms with E-state index in [9.17, 15) is 25.0 Å². The largest absolute Gasteiger partial charge is 0.455 e. The van der Waals surface area contributed by atoms with Gasteiger partial charge in [-0.15, -0.1) is 0 Å². The Morgan fingerprint density at radius 3 is 1.90 bits per heavy atom. The molecule has 0 unspecified atom stereocenters. The molecule has 5 atom stereocenters. The Labute approximate surface area is 354 Å². The molecule has 5 aromatic rings. The Hall–Kier alpha value is -6.48. The fourth-order valence-electron chi connectivity index (χ4n) is 7.55. The molecule has 16 heteroatoms. The number of aromatic nitrogens is 3. The number of amides is 2. The lowest BCUT2D eigenvalue weighted by Gasteiger charge is -2.38. The predicted molar refractivity (Wildman–Crippen MR) is 226 cm³/mol. The number of rotatable bonds is 12. The van der Waals surface area contributed by atoms with E-state index in [-0.39, 0.29) is 23.5 Å². The number of azide groups is 1. The van der Waals surface area contributed by atoms with Crippen LogP contribution in [0.25, 0.3) is 21.5 Å². The molecular formula is C45H52N8O8. The van der Waals surface area contributed by atoms with Crippen LogP contribution in [0.4, 0.5) is 15.4 Å². The van der Waals surface area contributed by atoms with Gasteiger partial charge in [0.15, 0.2) is 11.9 Å². The maximum atomic E-state index is 14.7. The van der Waals surface area contributed by atoms with Crippen LogP contribution < -0.4 is 5.32 Å². The van der Waals surface area contributed by atoms with E-state index in [1.807, 2.05) is 91.0 Å². The summed E-state index contributed by atoms with van der Waals surface area (Å²) in [4.78, 5) is 57.9. The molecule has 6 rings (SSSR count). The van der Waals surface area contributed by atoms with Gasteiger partial charge in [0.2, 0.25) is 0 Å². The highest BCUT2D eigenvalue weighted by atomic mass is 16.6. The van der Waals surface area contributed by atoms with Crippen molar-refractivity contribution in [2.24, 2.45) is 11.0 Å². The van der Waals surface area contributed by atoms with Crippen LogP contribution >= 0.6 is 0 Å². The van der Waals surface area contributed by atoms with E-state index in [4.69, 9.17) is 18.9 Å². The topological polar surface area (TPSA) is 214 Å². The maximum Gasteiger partial charge on any atom is 0.411 e. The molecule has 320 valence electrons. The lowest BCUT2D eigenvalue weighted by atomic mass is 9.80. The van der Waals surface area contributed by atoms with Crippen molar-refractivity contribution in [1.29, 1.82) is 0 Å². The van der Waals surface area contributed by atoms with Crippen molar-refractivity contribution in [3.05, 3.63) is 136 Å². The third-order valence-corrected chi connectivity index (χ3v) is 10.1. The number of hydrogen-bond donors (Lipinski definition) is 3. The number of hydrogen-bond acceptors (Lipinski definition) is 11. The normalized spacial score (nSPS) is 18.6. The molecule has 1 aliphatic rings. The number of carbonyl (C=O) groups is 3. The summed E-state index contributed by atoms with van der Waals surface area (Å²) in [5.41, 5.74) is 9.23. The minimum absolute atomic E-state index is 0.0191. The van der Waals surface area contributed by atoms with E-state index in [1.54, 1.807) is 55.4 Å². The highest BCUT2D eigenvalue weighted by Gasteiger charge is 2.56. The first-order valence-corrected chi connectivity index (χ1v) is 20.0. The van der Waals surface area contributed by atoms with Gasteiger partial charge < -0.3 is 34.4 Å². The summed E-state index contributed by atoms with van der Waals surface area (Å²) in [5, 5.41) is 18.9. The van der Waals surface area contributed by atoms with Crippen LogP contribution in [0.3, 0.4) is 0 Å². The molecule has 3 N–H and O–H groups in total. The second-order valence-corrected chi connectivity index (χ2v) is 17.1. The van der Waals surface area contributed by atoms with Crippen molar-refractivity contribution in [1.82, 2.24) is 25.2 Å². The number of alkyl carbamates (subject to hydrolysis) is 1. The molecule has 0 radical (unpaired) electrons. The summed E-state index contributed by atoms with van der Waals surface area (Å²) in [6, 6.07) is 25.1. The van der Waals surface area contributed by atoms with Crippen molar-refractivity contribution in [2.75, 3.05) is 6.61 Å². The number of benzene rings is 3. The Morgan fingerprint density at radius 2 is 1.41 bits per heavy atom. The predicted octanol–water partition coefficient (Wildman–Crippen LogP) is 8.39. The highest BCUT2D eigenvalue weighted by molar-refractivity contribution is 5.88. The first-order chi connectivity index (χ1) is 28.9. The third kappa shape index (κ3) is 9.62. The quantitative estimate of drug-likeness (QED) is 0.0273. The molecule has 3 heterocycles. The average molecular weight is 833 g/mol. The van der Waals surface area contributed by atoms with E-state index in [1.165, 1.54) is 17.4 Å². The molecule has 1 saturated heterocycles. The van der Waals surface area contributed by atoms with E-state index >= 15 is 0 Å². The summed E-state index contributed by atoms with van der Waals surface area (Å²) in [6.45, 7) is 13.4. The second-order valence-electron chi connectivity index (χ2n) is 17.1. The summed E-state index contributed by atoms with van der Waals surface area (Å²) in [6.07, 6.45) is -2.07. The fraction of sp³-hybridized carbons (Fsp3) is 0.400. The van der Waals surface area contributed by atoms with Crippen molar-refractivity contribution < 1.29 is 38.4 Å². The minimum atomic E-state index is -1.61. The number of aromatic amines is 1. The van der Waals surface area contributed by atoms with Crippen LogP contribution in [-0.4, -0.2) is 85.2 Å². The van der Waals surface area contributed by atoms with Gasteiger partial charge in [0.05, 0.1) is 23.7 Å². The number of ether oxygens (including phenoxy) is 4. The van der Waals surface area contributed by atoms with E-state index in [2.05, 4.69) is 30.3 Å². The number of nitrogens with one attached hydrogen (secondary N) is 2. The van der Waals surface area contributed by atoms with Crippen LogP contribution in [0.1, 0.15) is 83.7 Å². The first kappa shape index (κ1) is 44.1. The van der Waals surface area contributed by atoms with E-state index in [0.717, 1.165) is 16.7 Å². The SMILES string of the molecule is CC(C)[C@H](NC(=O)OC(C)(C)C)C(=O)O[C@@H]1[C@H](O)[C@@H](COC(c2ccccc2)(c2ccccc2)c2ccccc2)N(C(=O)OC(C)(C)C)[C@H]1c1c[nH]c2c(N=[N+]=[N-])ncnc12. The minimum Gasteiger partial charge on any atom is -0.455 e. The molecule has 2 aromatic heterocycles. The van der Waals surface area contributed by atoms with Crippen LogP contribution in [0, 0.1) is 5.92 Å². The number of aliphatic hydroxyl groups excluding tert-OH is 1. The Bertz CT molecular complexity index is 2260. The van der Waals surface area contributed by atoms with Gasteiger partial charge in [0.1, 0.15) is 41.3 Å². The Kier molecular flexibility index (Phi) is 13.0. The second kappa shape index (κ2) is 18.0. The van der Waals surface area contributed by atoms with Gasteiger partial charge in [0.25, 0.3) is 0 Å². The van der Waals surface area contributed by atoms with Crippen LogP contribution in [-0.2, 0) is 29.3 Å². The number of H-pyrrole nitrogens is 1. The monoisotopic (exact) mass is 832 g/mol. The molecule has 2 amide bonds. The number of esters is 1. The van der Waals surface area contributed by atoms with Gasteiger partial charge in [-0.3, -0.25) is 4.90 Å². The Balaban J connectivity index is 1.52. The Morgan fingerprint density at radius 1 is 0.869 bits per heavy atom. The van der Waals surface area contributed by atoms with Gasteiger partial charge in [-0.2, -0.15) is 0 Å². The molecule has 61 heavy (non-hydrogen) atoms. The number of likely N-dealkylation sites (tertiary alicyclic amines) is 1. The van der Waals surface area contributed by atoms with Crippen molar-refractivity contribution in [2.45, 2.75) is 103 Å². The number of fused-ring (bicyclic) bond motifs is 1. The number of aliphatic hydroxyl groups is 1. The molecule has 0 saturated carbocycles. The van der Waals surface area contributed by atoms with Crippen molar-refractivity contribution in [3.63, 3.8) is 0 Å². The fourth-order valence-corrected chi connectivity index (χ4v) is 7.55. The summed E-state index contributed by atoms with van der Waals surface area (Å²) in [7, 11) is 0. The molecule has 0 aliphatic carbocycles. The summed E-state index contributed by atoms with van der Waals surface area (Å²) in [5.74, 6) is -1.40. The molecule has 0 spiro atoms. The lowest BCUT2D eigenvalue weighted by Crippen LogP contribution is -2.49. The van der Waals surface area contributed by atoms with Crippen LogP contribution in [0.15, 0.2) is 109 Å². The van der Waals surface area contributed by atoms with Gasteiger partial charge in [-0.05, 0) is 74.8 Å². The first-order valence-electron chi connectivity index (χ1n) is 20.0. The molecule has 1 fully saturated rings. The van der Waals surface area contributed by atoms with Gasteiger partial charge in [-0.25, -0.2) is 24.4 Å².